The van der Waals surface area contributed by atoms with Gasteiger partial charge in [0.05, 0.1) is 6.04 Å². The lowest BCUT2D eigenvalue weighted by Gasteiger charge is -2.62. The van der Waals surface area contributed by atoms with Crippen LogP contribution in [0.3, 0.4) is 0 Å². The molecule has 0 bridgehead atoms. The SMILES string of the molecule is CC(=O)O[C@H]1CC[C@@]2(C)[C@H](C1)[C@H](N[N+](=O)[O-])C[C@@H]1[C@@H]2CC[C@]2(C)[C@@H](C(C)CCCC(C)C)CC[C@@H]12. The monoisotopic (exact) mass is 490 g/mol. The molecular weight excluding hydrogens is 440 g/mol. The Kier molecular flexibility index (Phi) is 7.79. The molecule has 0 aliphatic heterocycles. The summed E-state index contributed by atoms with van der Waals surface area (Å²) in [4.78, 5) is 23.3. The molecule has 6 heteroatoms. The van der Waals surface area contributed by atoms with E-state index >= 15 is 0 Å². The molecule has 4 aliphatic rings. The minimum atomic E-state index is -0.322. The van der Waals surface area contributed by atoms with E-state index in [9.17, 15) is 14.9 Å². The van der Waals surface area contributed by atoms with E-state index in [1.807, 2.05) is 0 Å². The molecule has 6 nitrogen and oxygen atoms in total. The molecule has 0 radical (unpaired) electrons. The maximum absolute atomic E-state index is 11.7. The van der Waals surface area contributed by atoms with Gasteiger partial charge < -0.3 is 4.74 Å². The van der Waals surface area contributed by atoms with Crippen LogP contribution in [0.5, 0.6) is 0 Å². The van der Waals surface area contributed by atoms with Gasteiger partial charge in [0.1, 0.15) is 6.10 Å². The van der Waals surface area contributed by atoms with Gasteiger partial charge in [-0.25, -0.2) is 10.1 Å². The second-order valence-electron chi connectivity index (χ2n) is 13.8. The van der Waals surface area contributed by atoms with Crippen LogP contribution in [0, 0.1) is 62.4 Å². The number of hydrogen-bond donors (Lipinski definition) is 1. The van der Waals surface area contributed by atoms with Crippen LogP contribution in [0.25, 0.3) is 0 Å². The molecule has 0 spiro atoms. The molecule has 10 atom stereocenters. The van der Waals surface area contributed by atoms with E-state index in [0.717, 1.165) is 43.4 Å². The molecular formula is C29H50N2O4. The smallest absolute Gasteiger partial charge is 0.302 e. The third kappa shape index (κ3) is 5.09. The molecule has 200 valence electrons. The van der Waals surface area contributed by atoms with Crippen LogP contribution in [0.4, 0.5) is 0 Å². The molecule has 0 heterocycles. The number of nitro groups is 1. The number of hydrogen-bond acceptors (Lipinski definition) is 4. The Morgan fingerprint density at radius 3 is 2.34 bits per heavy atom. The molecule has 0 aromatic carbocycles. The summed E-state index contributed by atoms with van der Waals surface area (Å²) in [6, 6.07) is -0.139. The lowest BCUT2D eigenvalue weighted by molar-refractivity contribution is -0.555. The molecule has 4 saturated carbocycles. The van der Waals surface area contributed by atoms with E-state index in [2.05, 4.69) is 40.0 Å². The van der Waals surface area contributed by atoms with Crippen molar-refractivity contribution in [3.05, 3.63) is 10.1 Å². The molecule has 35 heavy (non-hydrogen) atoms. The van der Waals surface area contributed by atoms with E-state index in [1.165, 1.54) is 51.9 Å². The number of ether oxygens (including phenoxy) is 1. The highest BCUT2D eigenvalue weighted by Crippen LogP contribution is 2.68. The van der Waals surface area contributed by atoms with Crippen molar-refractivity contribution in [1.29, 1.82) is 0 Å². The van der Waals surface area contributed by atoms with E-state index in [1.54, 1.807) is 0 Å². The first-order valence-corrected chi connectivity index (χ1v) is 14.5. The fraction of sp³-hybridized carbons (Fsp3) is 0.966. The topological polar surface area (TPSA) is 81.5 Å². The summed E-state index contributed by atoms with van der Waals surface area (Å²) in [6.07, 6.45) is 12.6. The van der Waals surface area contributed by atoms with Gasteiger partial charge in [-0.1, -0.05) is 53.9 Å². The van der Waals surface area contributed by atoms with Crippen LogP contribution in [0.1, 0.15) is 112 Å². The van der Waals surface area contributed by atoms with E-state index in [0.29, 0.717) is 23.2 Å². The summed E-state index contributed by atoms with van der Waals surface area (Å²) in [5.74, 6) is 4.14. The highest BCUT2D eigenvalue weighted by atomic mass is 16.7. The lowest BCUT2D eigenvalue weighted by atomic mass is 9.43. The van der Waals surface area contributed by atoms with E-state index in [4.69, 9.17) is 4.74 Å². The Morgan fingerprint density at radius 1 is 1.00 bits per heavy atom. The van der Waals surface area contributed by atoms with Crippen LogP contribution >= 0.6 is 0 Å². The predicted molar refractivity (Wildman–Crippen MR) is 138 cm³/mol. The number of carbonyl (C=O) groups excluding carboxylic acids is 1. The Bertz CT molecular complexity index is 787. The first kappa shape index (κ1) is 26.7. The zero-order chi connectivity index (χ0) is 25.5. The molecule has 0 saturated heterocycles. The average Bonchev–Trinajstić information content (AvgIpc) is 3.11. The highest BCUT2D eigenvalue weighted by Gasteiger charge is 2.63. The van der Waals surface area contributed by atoms with Crippen LogP contribution in [-0.2, 0) is 9.53 Å². The Morgan fingerprint density at radius 2 is 1.69 bits per heavy atom. The largest absolute Gasteiger partial charge is 0.463 e. The lowest BCUT2D eigenvalue weighted by Crippen LogP contribution is -2.62. The van der Waals surface area contributed by atoms with Crippen molar-refractivity contribution in [1.82, 2.24) is 5.43 Å². The van der Waals surface area contributed by atoms with Crippen molar-refractivity contribution in [2.45, 2.75) is 124 Å². The maximum Gasteiger partial charge on any atom is 0.302 e. The fourth-order valence-corrected chi connectivity index (χ4v) is 9.95. The van der Waals surface area contributed by atoms with Gasteiger partial charge in [-0.15, -0.1) is 5.43 Å². The number of rotatable bonds is 8. The van der Waals surface area contributed by atoms with Crippen molar-refractivity contribution in [3.8, 4) is 0 Å². The molecule has 4 rings (SSSR count). The van der Waals surface area contributed by atoms with Crippen molar-refractivity contribution in [3.63, 3.8) is 0 Å². The van der Waals surface area contributed by atoms with Gasteiger partial charge in [-0.3, -0.25) is 4.79 Å². The molecule has 1 unspecified atom stereocenters. The zero-order valence-electron chi connectivity index (χ0n) is 23.1. The van der Waals surface area contributed by atoms with Gasteiger partial charge in [0.2, 0.25) is 0 Å². The minimum Gasteiger partial charge on any atom is -0.463 e. The predicted octanol–water partition coefficient (Wildman–Crippen LogP) is 6.80. The number of fused-ring (bicyclic) bond motifs is 5. The quantitative estimate of drug-likeness (QED) is 0.230. The fourth-order valence-electron chi connectivity index (χ4n) is 9.95. The van der Waals surface area contributed by atoms with Crippen LogP contribution in [-0.4, -0.2) is 23.1 Å². The van der Waals surface area contributed by atoms with E-state index < -0.39 is 0 Å². The third-order valence-electron chi connectivity index (χ3n) is 11.5. The number of nitrogens with one attached hydrogen (secondary N) is 1. The van der Waals surface area contributed by atoms with Gasteiger partial charge in [0.25, 0.3) is 0 Å². The summed E-state index contributed by atoms with van der Waals surface area (Å²) in [5.41, 5.74) is 3.21. The van der Waals surface area contributed by atoms with Crippen molar-refractivity contribution in [2.75, 3.05) is 0 Å². The molecule has 4 aliphatic carbocycles. The van der Waals surface area contributed by atoms with Crippen molar-refractivity contribution < 1.29 is 14.6 Å². The first-order valence-electron chi connectivity index (χ1n) is 14.5. The van der Waals surface area contributed by atoms with Crippen LogP contribution in [0.15, 0.2) is 0 Å². The zero-order valence-corrected chi connectivity index (χ0v) is 23.1. The third-order valence-corrected chi connectivity index (χ3v) is 11.5. The maximum atomic E-state index is 11.7. The number of nitrogens with zero attached hydrogens (tertiary/aromatic N) is 1. The minimum absolute atomic E-state index is 0.0789. The second kappa shape index (κ2) is 10.2. The molecule has 1 N–H and O–H groups in total. The van der Waals surface area contributed by atoms with Gasteiger partial charge in [-0.2, -0.15) is 0 Å². The number of esters is 1. The first-order chi connectivity index (χ1) is 16.5. The van der Waals surface area contributed by atoms with Crippen molar-refractivity contribution >= 4 is 5.97 Å². The standard InChI is InChI=1S/C29H50N2O4/c1-18(2)8-7-9-19(3)23-10-11-24-22-17-27(30-31(33)34)26-16-21(35-20(4)32)12-14-29(26,6)25(22)13-15-28(23,24)5/h18-19,21-27,30H,7-17H2,1-6H3/t19?,21-,22-,23+,24-,25-,26+,27+,28+,29+/m0/s1. The summed E-state index contributed by atoms with van der Waals surface area (Å²) < 4.78 is 5.61. The van der Waals surface area contributed by atoms with Crippen LogP contribution in [0.2, 0.25) is 0 Å². The Labute approximate surface area is 212 Å². The average molecular weight is 491 g/mol. The summed E-state index contributed by atoms with van der Waals surface area (Å²) in [6.45, 7) is 13.6. The molecule has 0 aromatic rings. The normalized spacial score (nSPS) is 43.6. The van der Waals surface area contributed by atoms with Gasteiger partial charge in [0.15, 0.2) is 5.03 Å². The van der Waals surface area contributed by atoms with Crippen molar-refractivity contribution in [2.24, 2.45) is 52.3 Å². The van der Waals surface area contributed by atoms with E-state index in [-0.39, 0.29) is 34.5 Å². The van der Waals surface area contributed by atoms with Gasteiger partial charge in [-0.05, 0) is 104 Å². The van der Waals surface area contributed by atoms with Crippen LogP contribution < -0.4 is 5.43 Å². The number of hydrazine groups is 1. The Balaban J connectivity index is 1.54. The van der Waals surface area contributed by atoms with Gasteiger partial charge >= 0.3 is 5.97 Å². The molecule has 0 amide bonds. The molecule has 0 aromatic heterocycles. The second-order valence-corrected chi connectivity index (χ2v) is 13.8. The Hall–Kier alpha value is -1.33. The molecule has 4 fully saturated rings. The number of carbonyl (C=O) groups is 1. The summed E-state index contributed by atoms with van der Waals surface area (Å²) in [5, 5.41) is 11.3. The summed E-state index contributed by atoms with van der Waals surface area (Å²) in [7, 11) is 0. The summed E-state index contributed by atoms with van der Waals surface area (Å²) >= 11 is 0. The van der Waals surface area contributed by atoms with Gasteiger partial charge in [0, 0.05) is 6.92 Å². The highest BCUT2D eigenvalue weighted by molar-refractivity contribution is 5.66.